The van der Waals surface area contributed by atoms with Crippen LogP contribution in [-0.4, -0.2) is 33.5 Å². The maximum absolute atomic E-state index is 12.4. The molecule has 0 aliphatic heterocycles. The van der Waals surface area contributed by atoms with E-state index in [9.17, 15) is 23.1 Å². The number of aromatic nitrogens is 2. The Labute approximate surface area is 163 Å². The fourth-order valence-corrected chi connectivity index (χ4v) is 2.80. The summed E-state index contributed by atoms with van der Waals surface area (Å²) in [6, 6.07) is 13.5. The molecule has 3 aromatic rings. The van der Waals surface area contributed by atoms with Crippen molar-refractivity contribution in [3.8, 4) is 22.7 Å². The highest BCUT2D eigenvalue weighted by Crippen LogP contribution is 2.35. The van der Waals surface area contributed by atoms with Gasteiger partial charge in [-0.25, -0.2) is 4.68 Å². The van der Waals surface area contributed by atoms with Gasteiger partial charge in [-0.3, -0.25) is 4.79 Å². The highest BCUT2D eigenvalue weighted by Gasteiger charge is 2.31. The van der Waals surface area contributed by atoms with Gasteiger partial charge in [0.1, 0.15) is 12.2 Å². The number of hydrogen-bond donors (Lipinski definition) is 2. The van der Waals surface area contributed by atoms with Crippen molar-refractivity contribution in [3.63, 3.8) is 0 Å². The number of aryl methyl sites for hydroxylation is 1. The SMILES string of the molecule is Cc1ccccc1-n1nc(C(=O)NCC(F)(F)F)c(O)c1-c1ccc(Cl)cc1. The minimum absolute atomic E-state index is 0.170. The molecule has 0 radical (unpaired) electrons. The van der Waals surface area contributed by atoms with Gasteiger partial charge in [-0.1, -0.05) is 41.9 Å². The van der Waals surface area contributed by atoms with Crippen molar-refractivity contribution in [2.45, 2.75) is 13.1 Å². The monoisotopic (exact) mass is 409 g/mol. The first-order chi connectivity index (χ1) is 13.2. The number of para-hydroxylation sites is 1. The van der Waals surface area contributed by atoms with Gasteiger partial charge in [0.15, 0.2) is 11.4 Å². The summed E-state index contributed by atoms with van der Waals surface area (Å²) in [5.74, 6) is -1.65. The summed E-state index contributed by atoms with van der Waals surface area (Å²) in [6.45, 7) is 0.280. The van der Waals surface area contributed by atoms with Crippen molar-refractivity contribution in [2.24, 2.45) is 0 Å². The predicted octanol–water partition coefficient (Wildman–Crippen LogP) is 4.50. The molecule has 0 aliphatic carbocycles. The van der Waals surface area contributed by atoms with Gasteiger partial charge in [0.2, 0.25) is 0 Å². The van der Waals surface area contributed by atoms with E-state index in [2.05, 4.69) is 5.10 Å². The number of halogens is 4. The van der Waals surface area contributed by atoms with Crippen molar-refractivity contribution < 1.29 is 23.1 Å². The first-order valence-electron chi connectivity index (χ1n) is 8.16. The fourth-order valence-electron chi connectivity index (χ4n) is 2.67. The Bertz CT molecular complexity index is 1010. The number of nitrogens with one attached hydrogen (secondary N) is 1. The van der Waals surface area contributed by atoms with Crippen molar-refractivity contribution >= 4 is 17.5 Å². The molecule has 3 rings (SSSR count). The Balaban J connectivity index is 2.14. The average Bonchev–Trinajstić information content (AvgIpc) is 2.97. The van der Waals surface area contributed by atoms with Crippen molar-refractivity contribution in [1.82, 2.24) is 15.1 Å². The summed E-state index contributed by atoms with van der Waals surface area (Å²) in [6.07, 6.45) is -4.58. The molecule has 0 aliphatic rings. The number of aromatic hydroxyl groups is 1. The molecule has 28 heavy (non-hydrogen) atoms. The minimum atomic E-state index is -4.58. The van der Waals surface area contributed by atoms with E-state index < -0.39 is 30.1 Å². The third-order valence-electron chi connectivity index (χ3n) is 3.99. The first kappa shape index (κ1) is 19.8. The van der Waals surface area contributed by atoms with Crippen LogP contribution in [0.15, 0.2) is 48.5 Å². The lowest BCUT2D eigenvalue weighted by molar-refractivity contribution is -0.123. The molecule has 0 saturated carbocycles. The number of amides is 1. The van der Waals surface area contributed by atoms with Crippen LogP contribution < -0.4 is 5.32 Å². The molecule has 1 aromatic heterocycles. The van der Waals surface area contributed by atoms with Crippen LogP contribution in [-0.2, 0) is 0 Å². The lowest BCUT2D eigenvalue weighted by Crippen LogP contribution is -2.34. The number of rotatable bonds is 4. The predicted molar refractivity (Wildman–Crippen MR) is 98.8 cm³/mol. The third-order valence-corrected chi connectivity index (χ3v) is 4.24. The van der Waals surface area contributed by atoms with E-state index in [-0.39, 0.29) is 5.69 Å². The third kappa shape index (κ3) is 4.12. The molecular weight excluding hydrogens is 395 g/mol. The van der Waals surface area contributed by atoms with Gasteiger partial charge in [-0.2, -0.15) is 18.3 Å². The fraction of sp³-hybridized carbons (Fsp3) is 0.158. The number of carbonyl (C=O) groups excluding carboxylic acids is 1. The summed E-state index contributed by atoms with van der Waals surface area (Å²) >= 11 is 5.90. The van der Waals surface area contributed by atoms with Crippen LogP contribution in [0.2, 0.25) is 5.02 Å². The van der Waals surface area contributed by atoms with E-state index in [0.29, 0.717) is 16.3 Å². The Kier molecular flexibility index (Phi) is 5.33. The van der Waals surface area contributed by atoms with Gasteiger partial charge >= 0.3 is 6.18 Å². The maximum Gasteiger partial charge on any atom is 0.405 e. The number of benzene rings is 2. The molecule has 0 spiro atoms. The molecule has 1 amide bonds. The lowest BCUT2D eigenvalue weighted by atomic mass is 10.1. The largest absolute Gasteiger partial charge is 0.504 e. The van der Waals surface area contributed by atoms with Gasteiger partial charge in [-0.05, 0) is 30.7 Å². The molecule has 9 heteroatoms. The van der Waals surface area contributed by atoms with E-state index in [1.807, 2.05) is 13.0 Å². The molecule has 146 valence electrons. The lowest BCUT2D eigenvalue weighted by Gasteiger charge is -2.10. The highest BCUT2D eigenvalue weighted by atomic mass is 35.5. The van der Waals surface area contributed by atoms with Crippen LogP contribution in [0.25, 0.3) is 16.9 Å². The standard InChI is InChI=1S/C19H15ClF3N3O2/c1-11-4-2-3-5-14(11)26-16(12-6-8-13(20)9-7-12)17(27)15(25-26)18(28)24-10-19(21,22)23/h2-9,27H,10H2,1H3,(H,24,28). The summed E-state index contributed by atoms with van der Waals surface area (Å²) in [4.78, 5) is 12.2. The molecule has 1 heterocycles. The topological polar surface area (TPSA) is 67.2 Å². The Hall–Kier alpha value is -3.00. The van der Waals surface area contributed by atoms with Gasteiger partial charge in [-0.15, -0.1) is 0 Å². The Morgan fingerprint density at radius 2 is 1.82 bits per heavy atom. The van der Waals surface area contributed by atoms with Gasteiger partial charge in [0.25, 0.3) is 5.91 Å². The molecule has 0 bridgehead atoms. The van der Waals surface area contributed by atoms with E-state index in [4.69, 9.17) is 11.6 Å². The number of hydrogen-bond acceptors (Lipinski definition) is 3. The van der Waals surface area contributed by atoms with E-state index in [1.165, 1.54) is 4.68 Å². The summed E-state index contributed by atoms with van der Waals surface area (Å²) in [7, 11) is 0. The summed E-state index contributed by atoms with van der Waals surface area (Å²) < 4.78 is 38.6. The van der Waals surface area contributed by atoms with Crippen LogP contribution >= 0.6 is 11.6 Å². The highest BCUT2D eigenvalue weighted by molar-refractivity contribution is 6.30. The van der Waals surface area contributed by atoms with Gasteiger partial charge < -0.3 is 10.4 Å². The average molecular weight is 410 g/mol. The van der Waals surface area contributed by atoms with Crippen molar-refractivity contribution in [2.75, 3.05) is 6.54 Å². The first-order valence-corrected chi connectivity index (χ1v) is 8.54. The second kappa shape index (κ2) is 7.55. The van der Waals surface area contributed by atoms with E-state index in [1.54, 1.807) is 47.8 Å². The van der Waals surface area contributed by atoms with E-state index in [0.717, 1.165) is 5.56 Å². The second-order valence-electron chi connectivity index (χ2n) is 6.05. The molecule has 0 fully saturated rings. The van der Waals surface area contributed by atoms with Crippen LogP contribution in [0.5, 0.6) is 5.75 Å². The summed E-state index contributed by atoms with van der Waals surface area (Å²) in [5, 5.41) is 16.9. The van der Waals surface area contributed by atoms with Crippen LogP contribution in [0.3, 0.4) is 0 Å². The second-order valence-corrected chi connectivity index (χ2v) is 6.49. The molecule has 2 N–H and O–H groups in total. The molecular formula is C19H15ClF3N3O2. The molecule has 2 aromatic carbocycles. The van der Waals surface area contributed by atoms with Crippen LogP contribution in [0.1, 0.15) is 16.1 Å². The number of carbonyl (C=O) groups is 1. The molecule has 0 saturated heterocycles. The maximum atomic E-state index is 12.4. The smallest absolute Gasteiger partial charge is 0.405 e. The normalized spacial score (nSPS) is 11.5. The molecule has 5 nitrogen and oxygen atoms in total. The number of alkyl halides is 3. The van der Waals surface area contributed by atoms with Crippen molar-refractivity contribution in [3.05, 3.63) is 64.8 Å². The zero-order valence-corrected chi connectivity index (χ0v) is 15.3. The minimum Gasteiger partial charge on any atom is -0.504 e. The molecule has 0 unspecified atom stereocenters. The van der Waals surface area contributed by atoms with E-state index >= 15 is 0 Å². The summed E-state index contributed by atoms with van der Waals surface area (Å²) in [5.41, 5.74) is 1.52. The Morgan fingerprint density at radius 1 is 1.18 bits per heavy atom. The quantitative estimate of drug-likeness (QED) is 0.666. The van der Waals surface area contributed by atoms with Crippen molar-refractivity contribution in [1.29, 1.82) is 0 Å². The van der Waals surface area contributed by atoms with Gasteiger partial charge in [0.05, 0.1) is 5.69 Å². The zero-order valence-electron chi connectivity index (χ0n) is 14.6. The number of nitrogens with zero attached hydrogens (tertiary/aromatic N) is 2. The zero-order chi connectivity index (χ0) is 20.5. The van der Waals surface area contributed by atoms with Gasteiger partial charge in [0, 0.05) is 10.6 Å². The van der Waals surface area contributed by atoms with Crippen LogP contribution in [0, 0.1) is 6.92 Å². The molecule has 0 atom stereocenters. The Morgan fingerprint density at radius 3 is 2.43 bits per heavy atom. The van der Waals surface area contributed by atoms with Crippen LogP contribution in [0.4, 0.5) is 13.2 Å².